The molecule has 0 spiro atoms. The molecule has 0 radical (unpaired) electrons. The quantitative estimate of drug-likeness (QED) is 0.0981. The lowest BCUT2D eigenvalue weighted by atomic mass is 10.0. The van der Waals surface area contributed by atoms with Crippen molar-refractivity contribution < 1.29 is 44.6 Å². The highest BCUT2D eigenvalue weighted by Gasteiger charge is 2.38. The van der Waals surface area contributed by atoms with Gasteiger partial charge < -0.3 is 9.47 Å². The Balaban J connectivity index is 1.53. The molecule has 40 heavy (non-hydrogen) atoms. The number of ether oxygens (including phenoxy) is 2. The molecule has 0 amide bonds. The van der Waals surface area contributed by atoms with Gasteiger partial charge in [0.25, 0.3) is 0 Å². The van der Waals surface area contributed by atoms with Gasteiger partial charge in [0, 0.05) is 29.3 Å². The van der Waals surface area contributed by atoms with Gasteiger partial charge >= 0.3 is 6.11 Å². The molecule has 0 saturated heterocycles. The van der Waals surface area contributed by atoms with Crippen molar-refractivity contribution in [1.29, 1.82) is 0 Å². The molecule has 0 atom stereocenters. The zero-order chi connectivity index (χ0) is 29.0. The van der Waals surface area contributed by atoms with Crippen molar-refractivity contribution in [2.24, 2.45) is 0 Å². The summed E-state index contributed by atoms with van der Waals surface area (Å²) in [6.07, 6.45) is -2.89. The predicted molar refractivity (Wildman–Crippen MR) is 131 cm³/mol. The summed E-state index contributed by atoms with van der Waals surface area (Å²) in [5.74, 6) is -4.28. The molecule has 0 N–H and O–H groups in total. The molecule has 0 aromatic heterocycles. The second-order valence-electron chi connectivity index (χ2n) is 8.20. The van der Waals surface area contributed by atoms with Gasteiger partial charge in [-0.15, -0.1) is 0 Å². The van der Waals surface area contributed by atoms with Crippen LogP contribution in [0, 0.1) is 46.7 Å². The Kier molecular flexibility index (Phi) is 8.14. The van der Waals surface area contributed by atoms with Crippen molar-refractivity contribution in [3.05, 3.63) is 131 Å². The first kappa shape index (κ1) is 28.2. The summed E-state index contributed by atoms with van der Waals surface area (Å²) in [4.78, 5) is 0. The van der Waals surface area contributed by atoms with E-state index in [9.17, 15) is 35.1 Å². The van der Waals surface area contributed by atoms with Gasteiger partial charge in [0.1, 0.15) is 41.1 Å². The van der Waals surface area contributed by atoms with E-state index in [-0.39, 0.29) is 46.7 Å². The van der Waals surface area contributed by atoms with Crippen LogP contribution < -0.4 is 9.47 Å². The summed E-state index contributed by atoms with van der Waals surface area (Å²) in [6.45, 7) is 3.68. The van der Waals surface area contributed by atoms with Gasteiger partial charge in [-0.25, -0.2) is 26.3 Å². The van der Waals surface area contributed by atoms with E-state index >= 15 is 0 Å². The maximum Gasteiger partial charge on any atom is 0.429 e. The molecule has 0 aliphatic carbocycles. The molecule has 4 aromatic rings. The first-order valence-corrected chi connectivity index (χ1v) is 11.3. The van der Waals surface area contributed by atoms with E-state index in [4.69, 9.17) is 4.74 Å². The average molecular weight is 560 g/mol. The zero-order valence-electron chi connectivity index (χ0n) is 20.2. The van der Waals surface area contributed by atoms with Gasteiger partial charge in [0.05, 0.1) is 5.56 Å². The van der Waals surface area contributed by atoms with Gasteiger partial charge in [-0.1, -0.05) is 30.6 Å². The standard InChI is InChI=1S/C30H16F8O2/c1-2-11-39-20-8-9-22(25(32)14-20)19-7-6-18(24(31)13-19)5-3-17-4-10-23(26(33)12-17)30(37,38)40-21-15-27(34)29(36)28(35)16-21/h2,4,6-10,12-16H,1,11H2. The zero-order valence-corrected chi connectivity index (χ0v) is 20.2. The van der Waals surface area contributed by atoms with Crippen molar-refractivity contribution in [3.63, 3.8) is 0 Å². The molecule has 10 heteroatoms. The maximum absolute atomic E-state index is 14.7. The van der Waals surface area contributed by atoms with E-state index in [1.54, 1.807) is 0 Å². The third kappa shape index (κ3) is 6.26. The maximum atomic E-state index is 14.7. The molecule has 204 valence electrons. The Morgan fingerprint density at radius 3 is 2.02 bits per heavy atom. The summed E-state index contributed by atoms with van der Waals surface area (Å²) >= 11 is 0. The Labute approximate surface area is 223 Å². The lowest BCUT2D eigenvalue weighted by Gasteiger charge is -2.19. The molecular formula is C30H16F8O2. The highest BCUT2D eigenvalue weighted by Crippen LogP contribution is 2.34. The SMILES string of the molecule is C=CCOc1ccc(-c2ccc(C#Cc3ccc(C(F)(F)Oc4cc(F)c(F)c(F)c4)c(F)c3)c(F)c2)c(F)c1. The highest BCUT2D eigenvalue weighted by molar-refractivity contribution is 5.66. The van der Waals surface area contributed by atoms with E-state index in [1.807, 2.05) is 0 Å². The van der Waals surface area contributed by atoms with Crippen molar-refractivity contribution in [2.45, 2.75) is 6.11 Å². The lowest BCUT2D eigenvalue weighted by Crippen LogP contribution is -2.23. The summed E-state index contributed by atoms with van der Waals surface area (Å²) < 4.78 is 122. The van der Waals surface area contributed by atoms with Crippen LogP contribution in [0.15, 0.2) is 79.4 Å². The van der Waals surface area contributed by atoms with Crippen molar-refractivity contribution in [3.8, 4) is 34.5 Å². The first-order valence-electron chi connectivity index (χ1n) is 11.3. The first-order chi connectivity index (χ1) is 19.0. The molecule has 0 heterocycles. The van der Waals surface area contributed by atoms with E-state index < -0.39 is 52.3 Å². The van der Waals surface area contributed by atoms with Crippen LogP contribution in [0.4, 0.5) is 35.1 Å². The van der Waals surface area contributed by atoms with Crippen LogP contribution in [0.25, 0.3) is 11.1 Å². The summed E-state index contributed by atoms with van der Waals surface area (Å²) in [5.41, 5.74) is -1.21. The molecule has 0 unspecified atom stereocenters. The van der Waals surface area contributed by atoms with Gasteiger partial charge in [0.2, 0.25) is 0 Å². The number of hydrogen-bond acceptors (Lipinski definition) is 2. The second-order valence-corrected chi connectivity index (χ2v) is 8.20. The van der Waals surface area contributed by atoms with Crippen molar-refractivity contribution >= 4 is 0 Å². The fraction of sp³-hybridized carbons (Fsp3) is 0.0667. The molecule has 0 saturated carbocycles. The van der Waals surface area contributed by atoms with E-state index in [0.29, 0.717) is 12.1 Å². The summed E-state index contributed by atoms with van der Waals surface area (Å²) in [5, 5.41) is 0. The van der Waals surface area contributed by atoms with Crippen LogP contribution in [0.3, 0.4) is 0 Å². The summed E-state index contributed by atoms with van der Waals surface area (Å²) in [7, 11) is 0. The van der Waals surface area contributed by atoms with Gasteiger partial charge in [0.15, 0.2) is 17.5 Å². The molecule has 0 fully saturated rings. The number of alkyl halides is 2. The van der Waals surface area contributed by atoms with E-state index in [1.165, 1.54) is 30.3 Å². The van der Waals surface area contributed by atoms with Crippen LogP contribution >= 0.6 is 0 Å². The Morgan fingerprint density at radius 2 is 1.40 bits per heavy atom. The van der Waals surface area contributed by atoms with Crippen molar-refractivity contribution in [1.82, 2.24) is 0 Å². The summed E-state index contributed by atoms with van der Waals surface area (Å²) in [6, 6.07) is 10.4. The molecular weight excluding hydrogens is 544 g/mol. The predicted octanol–water partition coefficient (Wildman–Crippen LogP) is 8.28. The monoisotopic (exact) mass is 560 g/mol. The molecule has 4 rings (SSSR count). The van der Waals surface area contributed by atoms with E-state index in [2.05, 4.69) is 23.2 Å². The van der Waals surface area contributed by atoms with Gasteiger partial charge in [-0.3, -0.25) is 0 Å². The minimum absolute atomic E-state index is 0.108. The average Bonchev–Trinajstić information content (AvgIpc) is 2.89. The fourth-order valence-corrected chi connectivity index (χ4v) is 3.52. The second kappa shape index (κ2) is 11.5. The number of hydrogen-bond donors (Lipinski definition) is 0. The minimum atomic E-state index is -4.39. The number of halogens is 8. The molecule has 4 aromatic carbocycles. The van der Waals surface area contributed by atoms with Crippen LogP contribution in [0.1, 0.15) is 16.7 Å². The smallest absolute Gasteiger partial charge is 0.429 e. The largest absolute Gasteiger partial charge is 0.489 e. The van der Waals surface area contributed by atoms with Gasteiger partial charge in [-0.05, 0) is 48.0 Å². The molecule has 0 bridgehead atoms. The van der Waals surface area contributed by atoms with Gasteiger partial charge in [-0.2, -0.15) is 8.78 Å². The number of rotatable bonds is 7. The van der Waals surface area contributed by atoms with Crippen molar-refractivity contribution in [2.75, 3.05) is 6.61 Å². The Bertz CT molecular complexity index is 1630. The molecule has 2 nitrogen and oxygen atoms in total. The normalized spacial score (nSPS) is 11.0. The fourth-order valence-electron chi connectivity index (χ4n) is 3.52. The molecule has 0 aliphatic rings. The third-order valence-corrected chi connectivity index (χ3v) is 5.42. The van der Waals surface area contributed by atoms with Crippen LogP contribution in [-0.4, -0.2) is 6.61 Å². The third-order valence-electron chi connectivity index (χ3n) is 5.42. The van der Waals surface area contributed by atoms with Crippen LogP contribution in [-0.2, 0) is 6.11 Å². The molecule has 0 aliphatic heterocycles. The topological polar surface area (TPSA) is 18.5 Å². The van der Waals surface area contributed by atoms with E-state index in [0.717, 1.165) is 18.2 Å². The van der Waals surface area contributed by atoms with Crippen LogP contribution in [0.5, 0.6) is 11.5 Å². The minimum Gasteiger partial charge on any atom is -0.489 e. The Hall–Kier alpha value is -4.78. The van der Waals surface area contributed by atoms with Crippen LogP contribution in [0.2, 0.25) is 0 Å². The Morgan fingerprint density at radius 1 is 0.700 bits per heavy atom. The lowest BCUT2D eigenvalue weighted by molar-refractivity contribution is -0.187. The highest BCUT2D eigenvalue weighted by atomic mass is 19.3. The number of benzene rings is 4.